The highest BCUT2D eigenvalue weighted by molar-refractivity contribution is 7.93. The van der Waals surface area contributed by atoms with E-state index >= 15 is 0 Å². The highest BCUT2D eigenvalue weighted by Gasteiger charge is 2.37. The predicted molar refractivity (Wildman–Crippen MR) is 83.5 cm³/mol. The largest absolute Gasteiger partial charge is 0.380 e. The molecule has 2 heterocycles. The van der Waals surface area contributed by atoms with Crippen molar-refractivity contribution in [1.82, 2.24) is 9.78 Å². The molecule has 0 saturated carbocycles. The van der Waals surface area contributed by atoms with E-state index in [2.05, 4.69) is 10.4 Å². The Balaban J connectivity index is 2.09. The summed E-state index contributed by atoms with van der Waals surface area (Å²) in [5.41, 5.74) is 0. The minimum Gasteiger partial charge on any atom is -0.380 e. The fraction of sp³-hybridized carbons (Fsp3) is 0.714. The Labute approximate surface area is 130 Å². The Morgan fingerprint density at radius 1 is 1.45 bits per heavy atom. The second-order valence-electron chi connectivity index (χ2n) is 5.81. The first kappa shape index (κ1) is 17.0. The Kier molecular flexibility index (Phi) is 5.23. The molecule has 0 bridgehead atoms. The Bertz CT molecular complexity index is 618. The van der Waals surface area contributed by atoms with Gasteiger partial charge in [-0.2, -0.15) is 5.10 Å². The molecule has 2 rings (SSSR count). The van der Waals surface area contributed by atoms with Gasteiger partial charge < -0.3 is 10.1 Å². The van der Waals surface area contributed by atoms with Gasteiger partial charge in [0.15, 0.2) is 9.84 Å². The van der Waals surface area contributed by atoms with Gasteiger partial charge in [-0.1, -0.05) is 0 Å². The molecule has 1 aliphatic rings. The first-order valence-electron chi connectivity index (χ1n) is 7.49. The number of carbonyl (C=O) groups excluding carboxylic acids is 1. The van der Waals surface area contributed by atoms with Crippen molar-refractivity contribution >= 4 is 21.6 Å². The van der Waals surface area contributed by atoms with Crippen molar-refractivity contribution in [3.05, 3.63) is 12.3 Å². The van der Waals surface area contributed by atoms with Crippen LogP contribution in [0.2, 0.25) is 0 Å². The summed E-state index contributed by atoms with van der Waals surface area (Å²) in [6.45, 7) is 6.05. The van der Waals surface area contributed by atoms with Crippen LogP contribution >= 0.6 is 0 Å². The lowest BCUT2D eigenvalue weighted by Gasteiger charge is -2.25. The molecule has 124 valence electrons. The van der Waals surface area contributed by atoms with Crippen LogP contribution in [-0.2, 0) is 19.4 Å². The number of amides is 1. The summed E-state index contributed by atoms with van der Waals surface area (Å²) in [6, 6.07) is 1.73. The number of hydrogen-bond donors (Lipinski definition) is 1. The van der Waals surface area contributed by atoms with Crippen molar-refractivity contribution in [3.63, 3.8) is 0 Å². The minimum atomic E-state index is -3.56. The van der Waals surface area contributed by atoms with Crippen molar-refractivity contribution in [2.24, 2.45) is 0 Å². The van der Waals surface area contributed by atoms with Crippen LogP contribution in [0.25, 0.3) is 0 Å². The second kappa shape index (κ2) is 6.78. The van der Waals surface area contributed by atoms with Crippen molar-refractivity contribution < 1.29 is 17.9 Å². The zero-order valence-corrected chi connectivity index (χ0v) is 14.0. The molecule has 22 heavy (non-hydrogen) atoms. The molecule has 7 nitrogen and oxygen atoms in total. The van der Waals surface area contributed by atoms with Crippen LogP contribution in [0.1, 0.15) is 39.7 Å². The predicted octanol–water partition coefficient (Wildman–Crippen LogP) is 1.38. The van der Waals surface area contributed by atoms with Crippen LogP contribution in [0.4, 0.5) is 5.82 Å². The number of ether oxygens (including phenoxy) is 1. The zero-order chi connectivity index (χ0) is 16.3. The molecule has 1 fully saturated rings. The molecule has 1 N–H and O–H groups in total. The third-order valence-corrected chi connectivity index (χ3v) is 6.36. The van der Waals surface area contributed by atoms with E-state index in [1.165, 1.54) is 6.92 Å². The Morgan fingerprint density at radius 3 is 2.77 bits per heavy atom. The molecule has 1 amide bonds. The van der Waals surface area contributed by atoms with Crippen LogP contribution in [0.15, 0.2) is 12.3 Å². The van der Waals surface area contributed by atoms with Crippen molar-refractivity contribution in [2.75, 3.05) is 18.5 Å². The third kappa shape index (κ3) is 3.49. The van der Waals surface area contributed by atoms with E-state index in [0.29, 0.717) is 25.3 Å². The molecular weight excluding hydrogens is 306 g/mol. The molecule has 2 unspecified atom stereocenters. The van der Waals surface area contributed by atoms with Gasteiger partial charge >= 0.3 is 0 Å². The van der Waals surface area contributed by atoms with Gasteiger partial charge in [0.25, 0.3) is 0 Å². The van der Waals surface area contributed by atoms with Crippen LogP contribution < -0.4 is 5.32 Å². The van der Waals surface area contributed by atoms with Gasteiger partial charge in [-0.3, -0.25) is 4.79 Å². The monoisotopic (exact) mass is 329 g/mol. The van der Waals surface area contributed by atoms with Crippen LogP contribution in [0.3, 0.4) is 0 Å². The first-order chi connectivity index (χ1) is 10.3. The quantitative estimate of drug-likeness (QED) is 0.881. The van der Waals surface area contributed by atoms with Crippen LogP contribution in [-0.4, -0.2) is 47.8 Å². The summed E-state index contributed by atoms with van der Waals surface area (Å²) >= 11 is 0. The minimum absolute atomic E-state index is 0.0731. The zero-order valence-electron chi connectivity index (χ0n) is 13.2. The molecule has 1 saturated heterocycles. The summed E-state index contributed by atoms with van der Waals surface area (Å²) < 4.78 is 31.9. The van der Waals surface area contributed by atoms with E-state index in [1.807, 2.05) is 13.8 Å². The van der Waals surface area contributed by atoms with Crippen molar-refractivity contribution in [3.8, 4) is 0 Å². The molecule has 8 heteroatoms. The number of sulfone groups is 1. The maximum Gasteiger partial charge on any atom is 0.243 e. The molecular formula is C14H23N3O4S. The van der Waals surface area contributed by atoms with E-state index in [-0.39, 0.29) is 12.6 Å². The average Bonchev–Trinajstić information content (AvgIpc) is 2.95. The number of anilines is 1. The van der Waals surface area contributed by atoms with Gasteiger partial charge in [-0.15, -0.1) is 0 Å². The fourth-order valence-electron chi connectivity index (χ4n) is 2.46. The maximum atomic E-state index is 12.5. The van der Waals surface area contributed by atoms with E-state index in [4.69, 9.17) is 4.74 Å². The number of rotatable bonds is 5. The normalized spacial score (nSPS) is 20.8. The maximum absolute atomic E-state index is 12.5. The lowest BCUT2D eigenvalue weighted by Crippen LogP contribution is -2.42. The fourth-order valence-corrected chi connectivity index (χ4v) is 4.18. The molecule has 1 aromatic rings. The van der Waals surface area contributed by atoms with Crippen molar-refractivity contribution in [1.29, 1.82) is 0 Å². The van der Waals surface area contributed by atoms with Gasteiger partial charge in [0, 0.05) is 18.7 Å². The summed E-state index contributed by atoms with van der Waals surface area (Å²) in [5.74, 6) is -0.0325. The molecule has 0 spiro atoms. The van der Waals surface area contributed by atoms with Crippen LogP contribution in [0.5, 0.6) is 0 Å². The number of nitrogens with zero attached hydrogens (tertiary/aromatic N) is 2. The molecule has 0 aliphatic carbocycles. The van der Waals surface area contributed by atoms with E-state index < -0.39 is 26.2 Å². The smallest absolute Gasteiger partial charge is 0.243 e. The lowest BCUT2D eigenvalue weighted by atomic mass is 10.2. The topological polar surface area (TPSA) is 90.3 Å². The van der Waals surface area contributed by atoms with Gasteiger partial charge in [-0.25, -0.2) is 13.1 Å². The van der Waals surface area contributed by atoms with Gasteiger partial charge in [0.2, 0.25) is 5.91 Å². The number of hydrogen-bond acceptors (Lipinski definition) is 5. The lowest BCUT2D eigenvalue weighted by molar-refractivity contribution is -0.115. The van der Waals surface area contributed by atoms with E-state index in [9.17, 15) is 13.2 Å². The molecule has 1 aromatic heterocycles. The van der Waals surface area contributed by atoms with E-state index in [0.717, 1.165) is 0 Å². The molecule has 1 aliphatic heterocycles. The number of carbonyl (C=O) groups is 1. The number of nitrogens with one attached hydrogen (secondary N) is 1. The average molecular weight is 329 g/mol. The summed E-state index contributed by atoms with van der Waals surface area (Å²) in [7, 11) is -3.56. The first-order valence-corrected chi connectivity index (χ1v) is 9.09. The highest BCUT2D eigenvalue weighted by atomic mass is 32.2. The Morgan fingerprint density at radius 2 is 2.18 bits per heavy atom. The summed E-state index contributed by atoms with van der Waals surface area (Å²) in [6.07, 6.45) is 2.83. The van der Waals surface area contributed by atoms with Gasteiger partial charge in [0.05, 0.1) is 18.1 Å². The van der Waals surface area contributed by atoms with Crippen molar-refractivity contribution in [2.45, 2.75) is 50.2 Å². The third-order valence-electron chi connectivity index (χ3n) is 3.86. The second-order valence-corrected chi connectivity index (χ2v) is 8.37. The van der Waals surface area contributed by atoms with Crippen LogP contribution in [0, 0.1) is 0 Å². The summed E-state index contributed by atoms with van der Waals surface area (Å²) in [4.78, 5) is 12.3. The number of aromatic nitrogens is 2. The summed E-state index contributed by atoms with van der Waals surface area (Å²) in [5, 5.41) is 5.05. The van der Waals surface area contributed by atoms with Gasteiger partial charge in [-0.05, 0) is 33.6 Å². The SMILES string of the molecule is CC(C)n1nccc1NC(=O)C(C)S(=O)(=O)C1CCCOC1. The van der Waals surface area contributed by atoms with E-state index in [1.54, 1.807) is 16.9 Å². The molecule has 0 aromatic carbocycles. The molecule has 0 radical (unpaired) electrons. The molecule has 2 atom stereocenters. The standard InChI is InChI=1S/C14H23N3O4S/c1-10(2)17-13(6-7-15-17)16-14(18)11(3)22(19,20)12-5-4-8-21-9-12/h6-7,10-12H,4-5,8-9H2,1-3H3,(H,16,18). The van der Waals surface area contributed by atoms with Gasteiger partial charge in [0.1, 0.15) is 11.1 Å². The highest BCUT2D eigenvalue weighted by Crippen LogP contribution is 2.21. The Hall–Kier alpha value is -1.41.